The van der Waals surface area contributed by atoms with E-state index in [0.29, 0.717) is 23.9 Å². The molecule has 0 atom stereocenters. The molecule has 1 heterocycles. The van der Waals surface area contributed by atoms with Gasteiger partial charge in [-0.3, -0.25) is 5.10 Å². The number of H-pyrrole nitrogens is 1. The summed E-state index contributed by atoms with van der Waals surface area (Å²) in [5.41, 5.74) is 6.73. The number of nitrogens with two attached hydrogens (primary N) is 1. The van der Waals surface area contributed by atoms with Gasteiger partial charge in [0, 0.05) is 5.56 Å². The maximum Gasteiger partial charge on any atom is 0.356 e. The van der Waals surface area contributed by atoms with E-state index >= 15 is 0 Å². The fraction of sp³-hybridized carbons (Fsp3) is 0.556. The maximum absolute atomic E-state index is 11.3. The molecule has 1 aromatic rings. The van der Waals surface area contributed by atoms with Gasteiger partial charge in [-0.2, -0.15) is 5.10 Å². The zero-order valence-corrected chi connectivity index (χ0v) is 8.63. The number of nitrogen functional groups attached to an aromatic ring is 1. The van der Waals surface area contributed by atoms with Gasteiger partial charge in [0.05, 0.1) is 7.11 Å². The molecule has 5 heteroatoms. The molecule has 14 heavy (non-hydrogen) atoms. The van der Waals surface area contributed by atoms with Gasteiger partial charge in [-0.25, -0.2) is 4.79 Å². The largest absolute Gasteiger partial charge is 0.464 e. The van der Waals surface area contributed by atoms with Crippen molar-refractivity contribution in [2.45, 2.75) is 20.3 Å². The quantitative estimate of drug-likeness (QED) is 0.707. The van der Waals surface area contributed by atoms with Gasteiger partial charge in [-0.15, -0.1) is 0 Å². The molecular formula is C9H15N3O2. The molecule has 0 saturated carbocycles. The van der Waals surface area contributed by atoms with Crippen LogP contribution in [0, 0.1) is 5.92 Å². The first kappa shape index (κ1) is 10.6. The number of carbonyl (C=O) groups is 1. The predicted molar refractivity (Wildman–Crippen MR) is 52.9 cm³/mol. The molecule has 0 aliphatic rings. The lowest BCUT2D eigenvalue weighted by Crippen LogP contribution is -2.08. The summed E-state index contributed by atoms with van der Waals surface area (Å²) in [6.07, 6.45) is 0.715. The summed E-state index contributed by atoms with van der Waals surface area (Å²) in [7, 11) is 1.33. The van der Waals surface area contributed by atoms with Gasteiger partial charge in [-0.05, 0) is 12.3 Å². The summed E-state index contributed by atoms with van der Waals surface area (Å²) in [5.74, 6) is 0.363. The zero-order chi connectivity index (χ0) is 10.7. The minimum atomic E-state index is -0.426. The number of ether oxygens (including phenoxy) is 1. The average molecular weight is 197 g/mol. The van der Waals surface area contributed by atoms with Crippen LogP contribution in [0.2, 0.25) is 0 Å². The summed E-state index contributed by atoms with van der Waals surface area (Å²) in [6, 6.07) is 0. The Hall–Kier alpha value is -1.52. The molecule has 0 bridgehead atoms. The lowest BCUT2D eigenvalue weighted by molar-refractivity contribution is 0.0592. The molecular weight excluding hydrogens is 182 g/mol. The molecule has 0 amide bonds. The van der Waals surface area contributed by atoms with E-state index in [-0.39, 0.29) is 0 Å². The van der Waals surface area contributed by atoms with E-state index in [9.17, 15) is 4.79 Å². The first-order chi connectivity index (χ1) is 6.56. The van der Waals surface area contributed by atoms with Gasteiger partial charge in [0.2, 0.25) is 0 Å². The SMILES string of the molecule is COC(=O)c1[nH]nc(N)c1CC(C)C. The van der Waals surface area contributed by atoms with Crippen LogP contribution in [-0.4, -0.2) is 23.3 Å². The van der Waals surface area contributed by atoms with Crippen LogP contribution in [0.4, 0.5) is 5.82 Å². The monoisotopic (exact) mass is 197 g/mol. The molecule has 0 radical (unpaired) electrons. The Bertz CT molecular complexity index is 331. The summed E-state index contributed by atoms with van der Waals surface area (Å²) in [5, 5.41) is 6.37. The minimum absolute atomic E-state index is 0.360. The Kier molecular flexibility index (Phi) is 3.11. The Morgan fingerprint density at radius 3 is 2.79 bits per heavy atom. The fourth-order valence-corrected chi connectivity index (χ4v) is 1.26. The second kappa shape index (κ2) is 4.13. The van der Waals surface area contributed by atoms with Crippen molar-refractivity contribution < 1.29 is 9.53 Å². The van der Waals surface area contributed by atoms with Gasteiger partial charge in [-0.1, -0.05) is 13.8 Å². The Morgan fingerprint density at radius 1 is 1.64 bits per heavy atom. The normalized spacial score (nSPS) is 10.6. The number of esters is 1. The molecule has 0 saturated heterocycles. The van der Waals surface area contributed by atoms with Crippen LogP contribution >= 0.6 is 0 Å². The highest BCUT2D eigenvalue weighted by atomic mass is 16.5. The van der Waals surface area contributed by atoms with Crippen molar-refractivity contribution >= 4 is 11.8 Å². The molecule has 0 spiro atoms. The average Bonchev–Trinajstić information content (AvgIpc) is 2.46. The van der Waals surface area contributed by atoms with Crippen LogP contribution in [0.25, 0.3) is 0 Å². The van der Waals surface area contributed by atoms with Gasteiger partial charge < -0.3 is 10.5 Å². The van der Waals surface area contributed by atoms with Gasteiger partial charge in [0.1, 0.15) is 11.5 Å². The van der Waals surface area contributed by atoms with E-state index in [1.807, 2.05) is 13.8 Å². The number of carbonyl (C=O) groups excluding carboxylic acids is 1. The minimum Gasteiger partial charge on any atom is -0.464 e. The van der Waals surface area contributed by atoms with E-state index in [4.69, 9.17) is 5.73 Å². The number of methoxy groups -OCH3 is 1. The van der Waals surface area contributed by atoms with E-state index in [2.05, 4.69) is 14.9 Å². The van der Waals surface area contributed by atoms with Crippen LogP contribution in [0.5, 0.6) is 0 Å². The second-order valence-corrected chi connectivity index (χ2v) is 3.55. The van der Waals surface area contributed by atoms with Crippen molar-refractivity contribution in [3.05, 3.63) is 11.3 Å². The number of anilines is 1. The second-order valence-electron chi connectivity index (χ2n) is 3.55. The van der Waals surface area contributed by atoms with Crippen LogP contribution in [0.3, 0.4) is 0 Å². The van der Waals surface area contributed by atoms with Crippen molar-refractivity contribution in [1.29, 1.82) is 0 Å². The van der Waals surface area contributed by atoms with Crippen LogP contribution < -0.4 is 5.73 Å². The lowest BCUT2D eigenvalue weighted by Gasteiger charge is -2.04. The first-order valence-electron chi connectivity index (χ1n) is 4.47. The van der Waals surface area contributed by atoms with Crippen molar-refractivity contribution in [1.82, 2.24) is 10.2 Å². The summed E-state index contributed by atoms with van der Waals surface area (Å²) in [6.45, 7) is 4.10. The summed E-state index contributed by atoms with van der Waals surface area (Å²) >= 11 is 0. The number of rotatable bonds is 3. The summed E-state index contributed by atoms with van der Waals surface area (Å²) in [4.78, 5) is 11.3. The number of nitrogens with one attached hydrogen (secondary N) is 1. The Balaban J connectivity index is 2.99. The smallest absolute Gasteiger partial charge is 0.356 e. The topological polar surface area (TPSA) is 81.0 Å². The molecule has 5 nitrogen and oxygen atoms in total. The highest BCUT2D eigenvalue weighted by Gasteiger charge is 2.18. The van der Waals surface area contributed by atoms with E-state index in [1.165, 1.54) is 7.11 Å². The highest BCUT2D eigenvalue weighted by Crippen LogP contribution is 2.18. The molecule has 0 aliphatic heterocycles. The molecule has 3 N–H and O–H groups in total. The number of aromatic amines is 1. The Labute approximate surface area is 82.6 Å². The Morgan fingerprint density at radius 2 is 2.29 bits per heavy atom. The predicted octanol–water partition coefficient (Wildman–Crippen LogP) is 0.977. The van der Waals surface area contributed by atoms with Crippen molar-refractivity contribution in [2.75, 3.05) is 12.8 Å². The van der Waals surface area contributed by atoms with Crippen molar-refractivity contribution in [2.24, 2.45) is 5.92 Å². The van der Waals surface area contributed by atoms with Crippen LogP contribution in [0.1, 0.15) is 29.9 Å². The third-order valence-corrected chi connectivity index (χ3v) is 1.90. The number of hydrogen-bond donors (Lipinski definition) is 2. The van der Waals surface area contributed by atoms with E-state index in [0.717, 1.165) is 5.56 Å². The van der Waals surface area contributed by atoms with Gasteiger partial charge >= 0.3 is 5.97 Å². The molecule has 0 aliphatic carbocycles. The first-order valence-corrected chi connectivity index (χ1v) is 4.47. The third kappa shape index (κ3) is 2.04. The molecule has 1 rings (SSSR count). The van der Waals surface area contributed by atoms with E-state index in [1.54, 1.807) is 0 Å². The molecule has 0 unspecified atom stereocenters. The van der Waals surface area contributed by atoms with E-state index < -0.39 is 5.97 Å². The van der Waals surface area contributed by atoms with Gasteiger partial charge in [0.15, 0.2) is 0 Å². The lowest BCUT2D eigenvalue weighted by atomic mass is 10.0. The standard InChI is InChI=1S/C9H15N3O2/c1-5(2)4-6-7(9(13)14-3)11-12-8(6)10/h5H,4H2,1-3H3,(H3,10,11,12). The molecule has 1 aromatic heterocycles. The maximum atomic E-state index is 11.3. The highest BCUT2D eigenvalue weighted by molar-refractivity contribution is 5.90. The zero-order valence-electron chi connectivity index (χ0n) is 8.63. The van der Waals surface area contributed by atoms with Crippen LogP contribution in [0.15, 0.2) is 0 Å². The number of hydrogen-bond acceptors (Lipinski definition) is 4. The van der Waals surface area contributed by atoms with Crippen molar-refractivity contribution in [3.63, 3.8) is 0 Å². The molecule has 0 fully saturated rings. The molecule has 0 aromatic carbocycles. The fourth-order valence-electron chi connectivity index (χ4n) is 1.26. The summed E-state index contributed by atoms with van der Waals surface area (Å²) < 4.78 is 4.61. The van der Waals surface area contributed by atoms with Crippen LogP contribution in [-0.2, 0) is 11.2 Å². The number of aromatic nitrogens is 2. The third-order valence-electron chi connectivity index (χ3n) is 1.90. The van der Waals surface area contributed by atoms with Crippen molar-refractivity contribution in [3.8, 4) is 0 Å². The number of nitrogens with zero attached hydrogens (tertiary/aromatic N) is 1. The van der Waals surface area contributed by atoms with Gasteiger partial charge in [0.25, 0.3) is 0 Å². The molecule has 78 valence electrons.